The summed E-state index contributed by atoms with van der Waals surface area (Å²) in [4.78, 5) is 0. The zero-order valence-corrected chi connectivity index (χ0v) is 10.6. The molecule has 0 amide bonds. The zero-order valence-electron chi connectivity index (χ0n) is 10.6. The van der Waals surface area contributed by atoms with Crippen molar-refractivity contribution in [2.75, 3.05) is 27.9 Å². The number of hydrogen-bond acceptors (Lipinski definition) is 4. The van der Waals surface area contributed by atoms with Crippen molar-refractivity contribution < 1.29 is 14.2 Å². The Labute approximate surface area is 102 Å². The van der Waals surface area contributed by atoms with Gasteiger partial charge >= 0.3 is 0 Å². The predicted octanol–water partition coefficient (Wildman–Crippen LogP) is 1.70. The standard InChI is InChI=1S/C13H19NO3/c1-15-10-5-4-9(13(8-14)6-7-13)11(16-2)12(10)17-3/h4-5H,6-8,14H2,1-3H3. The van der Waals surface area contributed by atoms with Crippen LogP contribution >= 0.6 is 0 Å². The first kappa shape index (κ1) is 12.0. The van der Waals surface area contributed by atoms with E-state index in [0.29, 0.717) is 18.0 Å². The number of methoxy groups -OCH3 is 3. The van der Waals surface area contributed by atoms with Crippen LogP contribution in [-0.2, 0) is 5.41 Å². The van der Waals surface area contributed by atoms with Gasteiger partial charge in [-0.2, -0.15) is 0 Å². The topological polar surface area (TPSA) is 53.7 Å². The minimum atomic E-state index is 0.0743. The van der Waals surface area contributed by atoms with Crippen LogP contribution < -0.4 is 19.9 Å². The summed E-state index contributed by atoms with van der Waals surface area (Å²) >= 11 is 0. The molecule has 4 heteroatoms. The van der Waals surface area contributed by atoms with Gasteiger partial charge in [0.15, 0.2) is 11.5 Å². The first-order valence-electron chi connectivity index (χ1n) is 5.72. The van der Waals surface area contributed by atoms with Gasteiger partial charge in [-0.15, -0.1) is 0 Å². The molecule has 0 saturated heterocycles. The third kappa shape index (κ3) is 1.82. The lowest BCUT2D eigenvalue weighted by molar-refractivity contribution is 0.320. The van der Waals surface area contributed by atoms with Gasteiger partial charge in [0.2, 0.25) is 5.75 Å². The maximum Gasteiger partial charge on any atom is 0.203 e. The maximum atomic E-state index is 5.86. The third-order valence-electron chi connectivity index (χ3n) is 3.52. The lowest BCUT2D eigenvalue weighted by Gasteiger charge is -2.20. The molecule has 0 unspecified atom stereocenters. The number of rotatable bonds is 5. The van der Waals surface area contributed by atoms with Crippen LogP contribution in [0.1, 0.15) is 18.4 Å². The van der Waals surface area contributed by atoms with Crippen LogP contribution in [0.2, 0.25) is 0 Å². The molecule has 94 valence electrons. The van der Waals surface area contributed by atoms with Gasteiger partial charge in [-0.05, 0) is 18.9 Å². The van der Waals surface area contributed by atoms with Gasteiger partial charge in [0, 0.05) is 17.5 Å². The molecular formula is C13H19NO3. The van der Waals surface area contributed by atoms with Crippen molar-refractivity contribution in [3.8, 4) is 17.2 Å². The lowest BCUT2D eigenvalue weighted by atomic mass is 9.94. The van der Waals surface area contributed by atoms with E-state index in [1.165, 1.54) is 0 Å². The van der Waals surface area contributed by atoms with Crippen LogP contribution in [0.5, 0.6) is 17.2 Å². The van der Waals surface area contributed by atoms with Gasteiger partial charge in [0.25, 0.3) is 0 Å². The van der Waals surface area contributed by atoms with E-state index in [1.54, 1.807) is 21.3 Å². The van der Waals surface area contributed by atoms with Gasteiger partial charge in [-0.3, -0.25) is 0 Å². The second kappa shape index (κ2) is 4.45. The summed E-state index contributed by atoms with van der Waals surface area (Å²) in [5, 5.41) is 0. The van der Waals surface area contributed by atoms with Gasteiger partial charge in [0.05, 0.1) is 21.3 Å². The molecule has 0 aromatic heterocycles. The molecule has 0 atom stereocenters. The highest BCUT2D eigenvalue weighted by Gasteiger charge is 2.45. The Morgan fingerprint density at radius 3 is 2.12 bits per heavy atom. The summed E-state index contributed by atoms with van der Waals surface area (Å²) in [5.74, 6) is 2.07. The maximum absolute atomic E-state index is 5.86. The Hall–Kier alpha value is -1.42. The van der Waals surface area contributed by atoms with Gasteiger partial charge < -0.3 is 19.9 Å². The average Bonchev–Trinajstić information content (AvgIpc) is 3.17. The zero-order chi connectivity index (χ0) is 12.5. The van der Waals surface area contributed by atoms with E-state index in [4.69, 9.17) is 19.9 Å². The van der Waals surface area contributed by atoms with Crippen LogP contribution in [-0.4, -0.2) is 27.9 Å². The van der Waals surface area contributed by atoms with Crippen molar-refractivity contribution in [3.05, 3.63) is 17.7 Å². The summed E-state index contributed by atoms with van der Waals surface area (Å²) in [6.07, 6.45) is 2.21. The molecule has 2 rings (SSSR count). The molecule has 1 fully saturated rings. The molecule has 4 nitrogen and oxygen atoms in total. The van der Waals surface area contributed by atoms with E-state index in [9.17, 15) is 0 Å². The number of hydrogen-bond donors (Lipinski definition) is 1. The van der Waals surface area contributed by atoms with Crippen LogP contribution in [0.3, 0.4) is 0 Å². The molecule has 0 heterocycles. The Bertz CT molecular complexity index is 413. The largest absolute Gasteiger partial charge is 0.493 e. The van der Waals surface area contributed by atoms with Gasteiger partial charge in [0.1, 0.15) is 0 Å². The summed E-state index contributed by atoms with van der Waals surface area (Å²) in [5.41, 5.74) is 7.06. The molecule has 0 spiro atoms. The SMILES string of the molecule is COc1ccc(C2(CN)CC2)c(OC)c1OC. The number of nitrogens with two attached hydrogens (primary N) is 1. The second-order valence-corrected chi connectivity index (χ2v) is 4.37. The third-order valence-corrected chi connectivity index (χ3v) is 3.52. The molecule has 1 saturated carbocycles. The Morgan fingerprint density at radius 2 is 1.71 bits per heavy atom. The fourth-order valence-corrected chi connectivity index (χ4v) is 2.25. The first-order valence-corrected chi connectivity index (χ1v) is 5.72. The molecule has 0 radical (unpaired) electrons. The smallest absolute Gasteiger partial charge is 0.203 e. The van der Waals surface area contributed by atoms with Crippen LogP contribution in [0, 0.1) is 0 Å². The van der Waals surface area contributed by atoms with Gasteiger partial charge in [-0.1, -0.05) is 6.07 Å². The molecule has 2 N–H and O–H groups in total. The van der Waals surface area contributed by atoms with E-state index in [1.807, 2.05) is 12.1 Å². The molecule has 1 aliphatic carbocycles. The normalized spacial score (nSPS) is 16.5. The molecule has 1 aromatic carbocycles. The first-order chi connectivity index (χ1) is 8.22. The van der Waals surface area contributed by atoms with Crippen LogP contribution in [0.4, 0.5) is 0 Å². The monoisotopic (exact) mass is 237 g/mol. The van der Waals surface area contributed by atoms with E-state index in [-0.39, 0.29) is 5.41 Å². The summed E-state index contributed by atoms with van der Waals surface area (Å²) in [7, 11) is 4.88. The highest BCUT2D eigenvalue weighted by Crippen LogP contribution is 2.54. The summed E-state index contributed by atoms with van der Waals surface area (Å²) < 4.78 is 16.1. The molecule has 1 aliphatic rings. The molecule has 1 aromatic rings. The summed E-state index contributed by atoms with van der Waals surface area (Å²) in [6, 6.07) is 3.94. The predicted molar refractivity (Wildman–Crippen MR) is 66.1 cm³/mol. The van der Waals surface area contributed by atoms with E-state index >= 15 is 0 Å². The minimum Gasteiger partial charge on any atom is -0.493 e. The van der Waals surface area contributed by atoms with E-state index < -0.39 is 0 Å². The molecule has 17 heavy (non-hydrogen) atoms. The quantitative estimate of drug-likeness (QED) is 0.847. The fraction of sp³-hybridized carbons (Fsp3) is 0.538. The van der Waals surface area contributed by atoms with Crippen molar-refractivity contribution in [1.29, 1.82) is 0 Å². The molecule has 0 aliphatic heterocycles. The highest BCUT2D eigenvalue weighted by atomic mass is 16.5. The number of benzene rings is 1. The van der Waals surface area contributed by atoms with E-state index in [0.717, 1.165) is 24.2 Å². The highest BCUT2D eigenvalue weighted by molar-refractivity contribution is 5.59. The Kier molecular flexibility index (Phi) is 3.15. The minimum absolute atomic E-state index is 0.0743. The molecular weight excluding hydrogens is 218 g/mol. The summed E-state index contributed by atoms with van der Waals surface area (Å²) in [6.45, 7) is 0.638. The van der Waals surface area contributed by atoms with Crippen molar-refractivity contribution in [3.63, 3.8) is 0 Å². The Morgan fingerprint density at radius 1 is 1.06 bits per heavy atom. The number of ether oxygens (including phenoxy) is 3. The second-order valence-electron chi connectivity index (χ2n) is 4.37. The van der Waals surface area contributed by atoms with Crippen molar-refractivity contribution in [1.82, 2.24) is 0 Å². The Balaban J connectivity index is 2.54. The van der Waals surface area contributed by atoms with Crippen LogP contribution in [0.15, 0.2) is 12.1 Å². The van der Waals surface area contributed by atoms with Crippen LogP contribution in [0.25, 0.3) is 0 Å². The van der Waals surface area contributed by atoms with Gasteiger partial charge in [-0.25, -0.2) is 0 Å². The fourth-order valence-electron chi connectivity index (χ4n) is 2.25. The average molecular weight is 237 g/mol. The lowest BCUT2D eigenvalue weighted by Crippen LogP contribution is -2.20. The van der Waals surface area contributed by atoms with Crippen molar-refractivity contribution in [2.24, 2.45) is 5.73 Å². The molecule has 0 bridgehead atoms. The van der Waals surface area contributed by atoms with Crippen molar-refractivity contribution >= 4 is 0 Å². The van der Waals surface area contributed by atoms with Crippen molar-refractivity contribution in [2.45, 2.75) is 18.3 Å². The van der Waals surface area contributed by atoms with E-state index in [2.05, 4.69) is 0 Å².